The van der Waals surface area contributed by atoms with Gasteiger partial charge in [0.15, 0.2) is 0 Å². The summed E-state index contributed by atoms with van der Waals surface area (Å²) in [4.78, 5) is 25.1. The Bertz CT molecular complexity index is 1280. The zero-order valence-corrected chi connectivity index (χ0v) is 40.8. The largest absolute Gasteiger partial charge is 1.00 e. The second-order valence-electron chi connectivity index (χ2n) is 15.9. The van der Waals surface area contributed by atoms with E-state index < -0.39 is 27.0 Å². The third-order valence-corrected chi connectivity index (χ3v) is 11.5. The number of esters is 2. The molecule has 0 aliphatic carbocycles. The predicted molar refractivity (Wildman–Crippen MR) is 232 cm³/mol. The number of unbranched alkanes of at least 4 members (excludes halogenated alkanes) is 32. The van der Waals surface area contributed by atoms with Crippen molar-refractivity contribution >= 4 is 22.1 Å². The van der Waals surface area contributed by atoms with Gasteiger partial charge in [0, 0.05) is 0 Å². The van der Waals surface area contributed by atoms with Crippen LogP contribution in [-0.2, 0) is 19.6 Å². The van der Waals surface area contributed by atoms with Crippen molar-refractivity contribution in [3.05, 3.63) is 54.0 Å². The number of rotatable bonds is 39. The number of hydrogen-bond acceptors (Lipinski definition) is 7. The monoisotopic (exact) mass is 841 g/mol. The van der Waals surface area contributed by atoms with Gasteiger partial charge in [0.25, 0.3) is 0 Å². The van der Waals surface area contributed by atoms with Crippen LogP contribution in [0.2, 0.25) is 0 Å². The van der Waals surface area contributed by atoms with Gasteiger partial charge in [0.2, 0.25) is 0 Å². The van der Waals surface area contributed by atoms with Crippen molar-refractivity contribution in [1.82, 2.24) is 0 Å². The van der Waals surface area contributed by atoms with Crippen LogP contribution in [0.15, 0.2) is 47.8 Å². The number of hydrogen-bond donors (Lipinski definition) is 0. The Hall–Kier alpha value is -0.814. The Balaban J connectivity index is 0.0000314. The van der Waals surface area contributed by atoms with Crippen molar-refractivity contribution in [1.29, 1.82) is 0 Å². The molecule has 0 aliphatic heterocycles. The minimum absolute atomic E-state index is 0. The van der Waals surface area contributed by atoms with Gasteiger partial charge in [-0.25, -0.2) is 18.0 Å². The molecular weight excluding hydrogens is 760 g/mol. The summed E-state index contributed by atoms with van der Waals surface area (Å²) in [5.74, 6) is -1.75. The molecule has 0 fully saturated rings. The molecule has 7 nitrogen and oxygen atoms in total. The van der Waals surface area contributed by atoms with Gasteiger partial charge in [-0.15, -0.1) is 0 Å². The van der Waals surface area contributed by atoms with Crippen molar-refractivity contribution in [2.24, 2.45) is 0 Å². The molecule has 1 aromatic carbocycles. The van der Waals surface area contributed by atoms with E-state index in [4.69, 9.17) is 9.47 Å². The molecule has 0 saturated heterocycles. The maximum absolute atomic E-state index is 12.9. The fraction of sp³-hybridized carbons (Fsp3) is 0.750. The van der Waals surface area contributed by atoms with Crippen LogP contribution in [0.25, 0.3) is 0 Å². The van der Waals surface area contributed by atoms with Gasteiger partial charge in [0.05, 0.1) is 28.5 Å². The smallest absolute Gasteiger partial charge is 0.744 e. The molecule has 0 aromatic heterocycles. The van der Waals surface area contributed by atoms with Gasteiger partial charge >= 0.3 is 63.3 Å². The topological polar surface area (TPSA) is 110 Å². The van der Waals surface area contributed by atoms with E-state index in [1.54, 1.807) is 12.2 Å². The van der Waals surface area contributed by atoms with E-state index in [9.17, 15) is 22.6 Å². The number of benzene rings is 1. The normalized spacial score (nSPS) is 11.7. The minimum atomic E-state index is -4.84. The van der Waals surface area contributed by atoms with Gasteiger partial charge in [-0.1, -0.05) is 206 Å². The van der Waals surface area contributed by atoms with Crippen molar-refractivity contribution < 1.29 is 83.4 Å². The molecule has 57 heavy (non-hydrogen) atoms. The third kappa shape index (κ3) is 33.6. The molecule has 1 aromatic rings. The fourth-order valence-electron chi connectivity index (χ4n) is 7.13. The molecule has 1 rings (SSSR count). The zero-order valence-electron chi connectivity index (χ0n) is 36.8. The van der Waals surface area contributed by atoms with Crippen LogP contribution < -0.4 is 51.4 Å². The summed E-state index contributed by atoms with van der Waals surface area (Å²) in [5.41, 5.74) is -0.495. The SMILES string of the molecule is CCCCCCCCCCCCCCCCCC/C=C/OC(=O)c1ccc(S(=O)(=O)[O-])cc1C(=O)O/C=C/CCCCCCCCCCCCCCCCCC.[K+]. The zero-order chi connectivity index (χ0) is 40.8. The van der Waals surface area contributed by atoms with Gasteiger partial charge in [-0.3, -0.25) is 0 Å². The molecule has 9 heteroatoms. The minimum Gasteiger partial charge on any atom is -0.744 e. The van der Waals surface area contributed by atoms with Crippen molar-refractivity contribution in [2.45, 2.75) is 237 Å². The Kier molecular flexibility index (Phi) is 40.0. The van der Waals surface area contributed by atoms with Gasteiger partial charge in [-0.2, -0.15) is 0 Å². The molecule has 0 N–H and O–H groups in total. The van der Waals surface area contributed by atoms with Crippen LogP contribution in [0.4, 0.5) is 0 Å². The Morgan fingerprint density at radius 3 is 1.05 bits per heavy atom. The van der Waals surface area contributed by atoms with Crippen LogP contribution in [0.3, 0.4) is 0 Å². The summed E-state index contributed by atoms with van der Waals surface area (Å²) in [6, 6.07) is 3.00. The van der Waals surface area contributed by atoms with Crippen LogP contribution in [-0.4, -0.2) is 24.9 Å². The second kappa shape index (κ2) is 40.6. The molecule has 0 heterocycles. The molecule has 0 aliphatic rings. The van der Waals surface area contributed by atoms with E-state index in [1.165, 1.54) is 192 Å². The summed E-state index contributed by atoms with van der Waals surface area (Å²) in [5, 5.41) is 0. The van der Waals surface area contributed by atoms with Crippen molar-refractivity contribution in [2.75, 3.05) is 0 Å². The van der Waals surface area contributed by atoms with Gasteiger partial charge < -0.3 is 14.0 Å². The summed E-state index contributed by atoms with van der Waals surface area (Å²) < 4.78 is 45.4. The van der Waals surface area contributed by atoms with Crippen LogP contribution in [0.5, 0.6) is 0 Å². The molecule has 0 bridgehead atoms. The van der Waals surface area contributed by atoms with Crippen LogP contribution in [0.1, 0.15) is 253 Å². The van der Waals surface area contributed by atoms with E-state index in [0.29, 0.717) is 0 Å². The fourth-order valence-corrected chi connectivity index (χ4v) is 7.63. The van der Waals surface area contributed by atoms with E-state index in [0.717, 1.165) is 56.7 Å². The Morgan fingerprint density at radius 2 is 0.754 bits per heavy atom. The first-order valence-electron chi connectivity index (χ1n) is 23.1. The quantitative estimate of drug-likeness (QED) is 0.0213. The van der Waals surface area contributed by atoms with E-state index in [2.05, 4.69) is 13.8 Å². The standard InChI is InChI=1S/C48H82O7S.K/c1-3-5-7-9-11-13-15-17-19-21-23-25-27-29-31-33-35-37-41-54-47(49)45-40-39-44(56(51,52)53)43-46(45)48(50)55-42-38-36-34-32-30-28-26-24-22-20-18-16-14-12-10-8-6-4-2;/h37-43H,3-36H2,1-2H3,(H,51,52,53);/q;+1/p-1/b41-37+,42-38+;. The van der Waals surface area contributed by atoms with Gasteiger partial charge in [-0.05, 0) is 56.0 Å². The summed E-state index contributed by atoms with van der Waals surface area (Å²) in [7, 11) is -4.84. The number of carbonyl (C=O) groups excluding carboxylic acids is 2. The van der Waals surface area contributed by atoms with Crippen LogP contribution >= 0.6 is 0 Å². The summed E-state index contributed by atoms with van der Waals surface area (Å²) >= 11 is 0. The predicted octanol–water partition coefficient (Wildman–Crippen LogP) is 12.2. The average Bonchev–Trinajstić information content (AvgIpc) is 3.18. The van der Waals surface area contributed by atoms with Gasteiger partial charge in [0.1, 0.15) is 10.1 Å². The molecule has 0 radical (unpaired) electrons. The number of allylic oxidation sites excluding steroid dienone is 2. The second-order valence-corrected chi connectivity index (χ2v) is 17.3. The van der Waals surface area contributed by atoms with E-state index >= 15 is 0 Å². The Labute approximate surface area is 392 Å². The molecular formula is C48H81KO7S. The first-order chi connectivity index (χ1) is 27.3. The molecule has 0 unspecified atom stereocenters. The molecule has 322 valence electrons. The summed E-state index contributed by atoms with van der Waals surface area (Å²) in [6.07, 6.45) is 49.3. The van der Waals surface area contributed by atoms with E-state index in [1.807, 2.05) is 0 Å². The first kappa shape index (κ1) is 56.2. The number of ether oxygens (including phenoxy) is 2. The molecule has 0 atom stereocenters. The molecule has 0 spiro atoms. The molecule has 0 saturated carbocycles. The summed E-state index contributed by atoms with van der Waals surface area (Å²) in [6.45, 7) is 4.53. The average molecular weight is 841 g/mol. The Morgan fingerprint density at radius 1 is 0.474 bits per heavy atom. The number of carbonyl (C=O) groups is 2. The molecule has 0 amide bonds. The maximum atomic E-state index is 12.9. The first-order valence-corrected chi connectivity index (χ1v) is 24.5. The van der Waals surface area contributed by atoms with Crippen molar-refractivity contribution in [3.8, 4) is 0 Å². The van der Waals surface area contributed by atoms with E-state index in [-0.39, 0.29) is 62.5 Å². The third-order valence-electron chi connectivity index (χ3n) is 10.7. The maximum Gasteiger partial charge on any atom is 1.00 e. The van der Waals surface area contributed by atoms with Crippen molar-refractivity contribution in [3.63, 3.8) is 0 Å². The van der Waals surface area contributed by atoms with Crippen LogP contribution in [0, 0.1) is 0 Å².